The number of hydrogen-bond donors (Lipinski definition) is 0. The predicted octanol–water partition coefficient (Wildman–Crippen LogP) is 2.89. The third-order valence-corrected chi connectivity index (χ3v) is 2.96. The largest absolute Gasteiger partial charge is 0.369 e. The van der Waals surface area contributed by atoms with Crippen molar-refractivity contribution in [3.8, 4) is 6.07 Å². The van der Waals surface area contributed by atoms with E-state index in [2.05, 4.69) is 0 Å². The van der Waals surface area contributed by atoms with E-state index >= 15 is 0 Å². The standard InChI is InChI=1S/C12H15FN2S/c1-3-15(6-7-16-2)12-5-4-10(9-14)8-11(12)13/h4-5,8H,3,6-7H2,1-2H3. The zero-order valence-corrected chi connectivity index (χ0v) is 10.4. The number of thioether (sulfide) groups is 1. The molecule has 0 heterocycles. The lowest BCUT2D eigenvalue weighted by atomic mass is 10.2. The van der Waals surface area contributed by atoms with Gasteiger partial charge in [0.15, 0.2) is 0 Å². The van der Waals surface area contributed by atoms with Gasteiger partial charge in [0.2, 0.25) is 0 Å². The third-order valence-electron chi connectivity index (χ3n) is 2.36. The number of rotatable bonds is 5. The van der Waals surface area contributed by atoms with Crippen LogP contribution in [-0.4, -0.2) is 25.1 Å². The van der Waals surface area contributed by atoms with E-state index in [4.69, 9.17) is 5.26 Å². The summed E-state index contributed by atoms with van der Waals surface area (Å²) < 4.78 is 13.7. The smallest absolute Gasteiger partial charge is 0.147 e. The molecule has 2 nitrogen and oxygen atoms in total. The van der Waals surface area contributed by atoms with E-state index in [1.807, 2.05) is 24.1 Å². The van der Waals surface area contributed by atoms with Crippen molar-refractivity contribution < 1.29 is 4.39 Å². The minimum atomic E-state index is -0.318. The van der Waals surface area contributed by atoms with Crippen molar-refractivity contribution in [3.63, 3.8) is 0 Å². The predicted molar refractivity (Wildman–Crippen MR) is 67.4 cm³/mol. The van der Waals surface area contributed by atoms with Crippen LogP contribution >= 0.6 is 11.8 Å². The second kappa shape index (κ2) is 6.39. The van der Waals surface area contributed by atoms with Gasteiger partial charge in [0.1, 0.15) is 5.82 Å². The van der Waals surface area contributed by atoms with Crippen molar-refractivity contribution >= 4 is 17.4 Å². The molecule has 0 aliphatic heterocycles. The summed E-state index contributed by atoms with van der Waals surface area (Å²) in [5.74, 6) is 0.648. The van der Waals surface area contributed by atoms with Gasteiger partial charge in [-0.15, -0.1) is 0 Å². The van der Waals surface area contributed by atoms with Crippen LogP contribution in [0.15, 0.2) is 18.2 Å². The highest BCUT2D eigenvalue weighted by atomic mass is 32.2. The van der Waals surface area contributed by atoms with Crippen molar-refractivity contribution in [1.29, 1.82) is 5.26 Å². The zero-order valence-electron chi connectivity index (χ0n) is 9.53. The van der Waals surface area contributed by atoms with Gasteiger partial charge in [-0.3, -0.25) is 0 Å². The number of benzene rings is 1. The van der Waals surface area contributed by atoms with Crippen molar-refractivity contribution in [3.05, 3.63) is 29.6 Å². The Balaban J connectivity index is 2.89. The first kappa shape index (κ1) is 12.9. The SMILES string of the molecule is CCN(CCSC)c1ccc(C#N)cc1F. The normalized spacial score (nSPS) is 9.88. The van der Waals surface area contributed by atoms with Gasteiger partial charge in [-0.05, 0) is 31.4 Å². The quantitative estimate of drug-likeness (QED) is 0.789. The van der Waals surface area contributed by atoms with Crippen LogP contribution in [0, 0.1) is 17.1 Å². The van der Waals surface area contributed by atoms with Gasteiger partial charge >= 0.3 is 0 Å². The zero-order chi connectivity index (χ0) is 12.0. The first-order chi connectivity index (χ1) is 7.72. The van der Waals surface area contributed by atoms with Gasteiger partial charge in [0, 0.05) is 18.8 Å². The van der Waals surface area contributed by atoms with Gasteiger partial charge in [0.25, 0.3) is 0 Å². The second-order valence-electron chi connectivity index (χ2n) is 3.35. The number of halogens is 1. The van der Waals surface area contributed by atoms with Crippen molar-refractivity contribution in [1.82, 2.24) is 0 Å². The maximum absolute atomic E-state index is 13.7. The minimum absolute atomic E-state index is 0.318. The molecule has 16 heavy (non-hydrogen) atoms. The highest BCUT2D eigenvalue weighted by Crippen LogP contribution is 2.20. The molecular weight excluding hydrogens is 223 g/mol. The Morgan fingerprint density at radius 1 is 1.50 bits per heavy atom. The lowest BCUT2D eigenvalue weighted by molar-refractivity contribution is 0.620. The van der Waals surface area contributed by atoms with Crippen LogP contribution in [-0.2, 0) is 0 Å². The summed E-state index contributed by atoms with van der Waals surface area (Å²) in [7, 11) is 0. The lowest BCUT2D eigenvalue weighted by Crippen LogP contribution is -2.26. The molecule has 0 radical (unpaired) electrons. The van der Waals surface area contributed by atoms with Crippen molar-refractivity contribution in [2.24, 2.45) is 0 Å². The molecule has 0 aliphatic carbocycles. The summed E-state index contributed by atoms with van der Waals surface area (Å²) in [4.78, 5) is 1.98. The molecule has 0 fully saturated rings. The molecule has 0 N–H and O–H groups in total. The molecule has 4 heteroatoms. The van der Waals surface area contributed by atoms with E-state index in [0.717, 1.165) is 18.8 Å². The summed E-state index contributed by atoms with van der Waals surface area (Å²) in [5, 5.41) is 8.66. The molecule has 0 saturated carbocycles. The Hall–Kier alpha value is -1.21. The van der Waals surface area contributed by atoms with E-state index in [1.165, 1.54) is 6.07 Å². The molecule has 1 rings (SSSR count). The third kappa shape index (κ3) is 3.14. The fourth-order valence-corrected chi connectivity index (χ4v) is 1.89. The van der Waals surface area contributed by atoms with Crippen LogP contribution in [0.3, 0.4) is 0 Å². The van der Waals surface area contributed by atoms with Crippen LogP contribution in [0.25, 0.3) is 0 Å². The van der Waals surface area contributed by atoms with E-state index in [1.54, 1.807) is 23.9 Å². The van der Waals surface area contributed by atoms with Crippen LogP contribution in [0.1, 0.15) is 12.5 Å². The first-order valence-electron chi connectivity index (χ1n) is 5.16. The molecule has 0 aliphatic rings. The van der Waals surface area contributed by atoms with Gasteiger partial charge in [-0.2, -0.15) is 17.0 Å². The molecule has 1 aromatic rings. The molecule has 0 bridgehead atoms. The Bertz CT molecular complexity index is 387. The number of hydrogen-bond acceptors (Lipinski definition) is 3. The van der Waals surface area contributed by atoms with Crippen LogP contribution in [0.4, 0.5) is 10.1 Å². The minimum Gasteiger partial charge on any atom is -0.369 e. The fourth-order valence-electron chi connectivity index (χ4n) is 1.48. The van der Waals surface area contributed by atoms with Crippen LogP contribution in [0.5, 0.6) is 0 Å². The highest BCUT2D eigenvalue weighted by Gasteiger charge is 2.09. The van der Waals surface area contributed by atoms with E-state index in [0.29, 0.717) is 11.3 Å². The molecule has 0 atom stereocenters. The summed E-state index contributed by atoms with van der Waals surface area (Å²) in [6.45, 7) is 3.59. The molecular formula is C12H15FN2S. The van der Waals surface area contributed by atoms with E-state index in [-0.39, 0.29) is 5.82 Å². The Kier molecular flexibility index (Phi) is 5.13. The summed E-state index contributed by atoms with van der Waals surface area (Å²) in [5.41, 5.74) is 0.942. The van der Waals surface area contributed by atoms with Crippen LogP contribution < -0.4 is 4.90 Å². The number of nitriles is 1. The molecule has 1 aromatic carbocycles. The van der Waals surface area contributed by atoms with Gasteiger partial charge in [-0.25, -0.2) is 4.39 Å². The summed E-state index contributed by atoms with van der Waals surface area (Å²) in [6.07, 6.45) is 2.03. The van der Waals surface area contributed by atoms with Crippen molar-refractivity contribution in [2.75, 3.05) is 30.0 Å². The maximum atomic E-state index is 13.7. The van der Waals surface area contributed by atoms with Gasteiger partial charge in [-0.1, -0.05) is 0 Å². The van der Waals surface area contributed by atoms with E-state index in [9.17, 15) is 4.39 Å². The Morgan fingerprint density at radius 3 is 2.75 bits per heavy atom. The Morgan fingerprint density at radius 2 is 2.25 bits per heavy atom. The summed E-state index contributed by atoms with van der Waals surface area (Å²) in [6, 6.07) is 6.55. The molecule has 0 amide bonds. The van der Waals surface area contributed by atoms with Gasteiger partial charge in [0.05, 0.1) is 17.3 Å². The van der Waals surface area contributed by atoms with Crippen molar-refractivity contribution in [2.45, 2.75) is 6.92 Å². The van der Waals surface area contributed by atoms with Crippen LogP contribution in [0.2, 0.25) is 0 Å². The number of nitrogens with zero attached hydrogens (tertiary/aromatic N) is 2. The monoisotopic (exact) mass is 238 g/mol. The Labute approximate surface area is 100 Å². The number of anilines is 1. The molecule has 0 unspecified atom stereocenters. The average molecular weight is 238 g/mol. The topological polar surface area (TPSA) is 27.0 Å². The first-order valence-corrected chi connectivity index (χ1v) is 6.55. The fraction of sp³-hybridized carbons (Fsp3) is 0.417. The van der Waals surface area contributed by atoms with Gasteiger partial charge < -0.3 is 4.90 Å². The maximum Gasteiger partial charge on any atom is 0.147 e. The molecule has 86 valence electrons. The lowest BCUT2D eigenvalue weighted by Gasteiger charge is -2.23. The van der Waals surface area contributed by atoms with E-state index < -0.39 is 0 Å². The molecule has 0 aromatic heterocycles. The average Bonchev–Trinajstić information content (AvgIpc) is 2.31. The second-order valence-corrected chi connectivity index (χ2v) is 4.34. The summed E-state index contributed by atoms with van der Waals surface area (Å²) >= 11 is 1.74. The molecule has 0 saturated heterocycles. The highest BCUT2D eigenvalue weighted by molar-refractivity contribution is 7.98. The molecule has 0 spiro atoms.